The smallest absolute Gasteiger partial charge is 0.257 e. The van der Waals surface area contributed by atoms with E-state index in [1.807, 2.05) is 31.3 Å². The predicted molar refractivity (Wildman–Crippen MR) is 109 cm³/mol. The van der Waals surface area contributed by atoms with E-state index in [1.54, 1.807) is 34.2 Å². The average molecular weight is 408 g/mol. The molecule has 0 aliphatic carbocycles. The molecule has 3 aromatic heterocycles. The van der Waals surface area contributed by atoms with Crippen molar-refractivity contribution < 1.29 is 9.21 Å². The monoisotopic (exact) mass is 407 g/mol. The highest BCUT2D eigenvalue weighted by Gasteiger charge is 2.34. The Morgan fingerprint density at radius 3 is 3.00 bits per heavy atom. The van der Waals surface area contributed by atoms with Crippen molar-refractivity contribution in [2.75, 3.05) is 6.54 Å². The average Bonchev–Trinajstić information content (AvgIpc) is 3.31. The van der Waals surface area contributed by atoms with Crippen molar-refractivity contribution in [1.82, 2.24) is 19.7 Å². The molecule has 0 fully saturated rings. The van der Waals surface area contributed by atoms with Crippen LogP contribution in [0.15, 0.2) is 53.3 Å². The third kappa shape index (κ3) is 2.90. The number of aromatic nitrogens is 3. The number of nitrogens with zero attached hydrogens (tertiary/aromatic N) is 4. The van der Waals surface area contributed by atoms with E-state index in [9.17, 15) is 4.79 Å². The Hall–Kier alpha value is -3.16. The van der Waals surface area contributed by atoms with E-state index in [0.29, 0.717) is 40.3 Å². The van der Waals surface area contributed by atoms with Gasteiger partial charge in [-0.2, -0.15) is 5.10 Å². The lowest BCUT2D eigenvalue weighted by atomic mass is 9.97. The summed E-state index contributed by atoms with van der Waals surface area (Å²) in [5.74, 6) is -0.191. The van der Waals surface area contributed by atoms with Crippen molar-refractivity contribution >= 4 is 28.6 Å². The van der Waals surface area contributed by atoms with E-state index in [4.69, 9.17) is 21.8 Å². The first-order valence-corrected chi connectivity index (χ1v) is 9.62. The molecule has 1 aliphatic rings. The van der Waals surface area contributed by atoms with Crippen molar-refractivity contribution in [2.24, 2.45) is 12.8 Å². The van der Waals surface area contributed by atoms with Crippen LogP contribution in [-0.4, -0.2) is 32.1 Å². The van der Waals surface area contributed by atoms with Gasteiger partial charge in [-0.05, 0) is 24.6 Å². The molecule has 0 radical (unpaired) electrons. The molecule has 0 spiro atoms. The second-order valence-corrected chi connectivity index (χ2v) is 7.50. The highest BCUT2D eigenvalue weighted by molar-refractivity contribution is 6.30. The second kappa shape index (κ2) is 6.72. The zero-order valence-electron chi connectivity index (χ0n) is 15.7. The van der Waals surface area contributed by atoms with Crippen LogP contribution in [-0.2, 0) is 13.5 Å². The van der Waals surface area contributed by atoms with Gasteiger partial charge >= 0.3 is 0 Å². The summed E-state index contributed by atoms with van der Waals surface area (Å²) in [6, 6.07) is 11.1. The summed E-state index contributed by atoms with van der Waals surface area (Å²) in [4.78, 5) is 19.0. The number of furan rings is 1. The molecule has 1 atom stereocenters. The molecule has 0 unspecified atom stereocenters. The van der Waals surface area contributed by atoms with Gasteiger partial charge in [-0.1, -0.05) is 23.7 Å². The highest BCUT2D eigenvalue weighted by atomic mass is 35.5. The van der Waals surface area contributed by atoms with Gasteiger partial charge in [-0.15, -0.1) is 0 Å². The van der Waals surface area contributed by atoms with E-state index in [1.165, 1.54) is 0 Å². The number of hydrogen-bond acceptors (Lipinski definition) is 5. The van der Waals surface area contributed by atoms with Crippen molar-refractivity contribution in [3.8, 4) is 11.3 Å². The predicted octanol–water partition coefficient (Wildman–Crippen LogP) is 3.54. The van der Waals surface area contributed by atoms with Crippen molar-refractivity contribution in [2.45, 2.75) is 12.6 Å². The minimum atomic E-state index is -0.641. The van der Waals surface area contributed by atoms with Gasteiger partial charge < -0.3 is 15.1 Å². The molecule has 7 nitrogen and oxygen atoms in total. The summed E-state index contributed by atoms with van der Waals surface area (Å²) in [5, 5.41) is 5.29. The van der Waals surface area contributed by atoms with E-state index in [2.05, 4.69) is 10.1 Å². The largest absolute Gasteiger partial charge is 0.463 e. The lowest BCUT2D eigenvalue weighted by Gasteiger charge is -2.32. The first kappa shape index (κ1) is 17.9. The van der Waals surface area contributed by atoms with Crippen LogP contribution in [0, 0.1) is 0 Å². The first-order valence-electron chi connectivity index (χ1n) is 9.24. The van der Waals surface area contributed by atoms with Crippen LogP contribution >= 0.6 is 11.6 Å². The lowest BCUT2D eigenvalue weighted by Crippen LogP contribution is -2.44. The number of benzene rings is 1. The third-order valence-electron chi connectivity index (χ3n) is 5.30. The summed E-state index contributed by atoms with van der Waals surface area (Å²) in [7, 11) is 1.88. The number of hydrogen-bond donors (Lipinski definition) is 1. The molecule has 1 aliphatic heterocycles. The van der Waals surface area contributed by atoms with Crippen LogP contribution in [0.5, 0.6) is 0 Å². The zero-order valence-corrected chi connectivity index (χ0v) is 16.4. The summed E-state index contributed by atoms with van der Waals surface area (Å²) in [5.41, 5.74) is 11.9. The maximum Gasteiger partial charge on any atom is 0.257 e. The maximum atomic E-state index is 13.1. The summed E-state index contributed by atoms with van der Waals surface area (Å²) < 4.78 is 7.17. The molecule has 0 saturated carbocycles. The fraction of sp³-hybridized carbons (Fsp3) is 0.190. The highest BCUT2D eigenvalue weighted by Crippen LogP contribution is 2.35. The molecule has 29 heavy (non-hydrogen) atoms. The molecule has 1 aromatic carbocycles. The zero-order chi connectivity index (χ0) is 20.1. The molecule has 146 valence electrons. The molecule has 8 heteroatoms. The second-order valence-electron chi connectivity index (χ2n) is 7.07. The number of aryl methyl sites for hydroxylation is 1. The standard InChI is InChI=1S/C21H18ClN5O2/c1-26-19(12-3-2-4-14(22)9-12)15-5-7-27(20(23)18(15)25-26)21(28)13-10-17-16(24-11-13)6-8-29-17/h2-4,6,8-11,20H,5,7,23H2,1H3/t20-/m1/s1. The number of amides is 1. The fourth-order valence-electron chi connectivity index (χ4n) is 3.95. The number of carbonyl (C=O) groups is 1. The third-order valence-corrected chi connectivity index (χ3v) is 5.54. The molecule has 1 amide bonds. The van der Waals surface area contributed by atoms with Crippen LogP contribution in [0.2, 0.25) is 5.02 Å². The van der Waals surface area contributed by atoms with Crippen LogP contribution in [0.4, 0.5) is 0 Å². The van der Waals surface area contributed by atoms with Crippen LogP contribution in [0.1, 0.15) is 27.8 Å². The Balaban J connectivity index is 1.50. The van der Waals surface area contributed by atoms with Crippen molar-refractivity contribution in [3.63, 3.8) is 0 Å². The molecule has 5 rings (SSSR count). The van der Waals surface area contributed by atoms with Gasteiger partial charge in [-0.25, -0.2) is 0 Å². The topological polar surface area (TPSA) is 90.2 Å². The van der Waals surface area contributed by atoms with Gasteiger partial charge in [0.15, 0.2) is 5.58 Å². The molecule has 4 aromatic rings. The maximum absolute atomic E-state index is 13.1. The minimum Gasteiger partial charge on any atom is -0.463 e. The van der Waals surface area contributed by atoms with Gasteiger partial charge in [-0.3, -0.25) is 14.5 Å². The summed E-state index contributed by atoms with van der Waals surface area (Å²) in [6.07, 6.45) is 3.12. The molecule has 4 heterocycles. The number of carbonyl (C=O) groups excluding carboxylic acids is 1. The molecule has 0 saturated heterocycles. The quantitative estimate of drug-likeness (QED) is 0.549. The Kier molecular flexibility index (Phi) is 4.15. The number of nitrogens with two attached hydrogens (primary N) is 1. The van der Waals surface area contributed by atoms with Crippen LogP contribution in [0.25, 0.3) is 22.4 Å². The van der Waals surface area contributed by atoms with Gasteiger partial charge in [0, 0.05) is 42.0 Å². The van der Waals surface area contributed by atoms with Gasteiger partial charge in [0.25, 0.3) is 5.91 Å². The molecule has 0 bridgehead atoms. The normalized spacial score (nSPS) is 16.2. The summed E-state index contributed by atoms with van der Waals surface area (Å²) >= 11 is 6.17. The van der Waals surface area contributed by atoms with Gasteiger partial charge in [0.1, 0.15) is 17.4 Å². The van der Waals surface area contributed by atoms with Gasteiger partial charge in [0.05, 0.1) is 17.5 Å². The SMILES string of the molecule is Cn1nc2c(c1-c1cccc(Cl)c1)CCN(C(=O)c1cnc3ccoc3c1)[C@H]2N. The Morgan fingerprint density at radius 1 is 1.31 bits per heavy atom. The summed E-state index contributed by atoms with van der Waals surface area (Å²) in [6.45, 7) is 0.489. The van der Waals surface area contributed by atoms with E-state index < -0.39 is 6.17 Å². The Bertz CT molecular complexity index is 1250. The van der Waals surface area contributed by atoms with Crippen LogP contribution < -0.4 is 5.73 Å². The number of rotatable bonds is 2. The number of fused-ring (bicyclic) bond motifs is 2. The molecular weight excluding hydrogens is 390 g/mol. The van der Waals surface area contributed by atoms with E-state index in [0.717, 1.165) is 16.8 Å². The first-order chi connectivity index (χ1) is 14.0. The lowest BCUT2D eigenvalue weighted by molar-refractivity contribution is 0.0661. The van der Waals surface area contributed by atoms with Crippen molar-refractivity contribution in [1.29, 1.82) is 0 Å². The Labute approximate surface area is 171 Å². The molecule has 2 N–H and O–H groups in total. The van der Waals surface area contributed by atoms with E-state index in [-0.39, 0.29) is 5.91 Å². The van der Waals surface area contributed by atoms with Crippen molar-refractivity contribution in [3.05, 3.63) is 70.7 Å². The number of halogens is 1. The minimum absolute atomic E-state index is 0.191. The fourth-order valence-corrected chi connectivity index (χ4v) is 4.14. The van der Waals surface area contributed by atoms with E-state index >= 15 is 0 Å². The Morgan fingerprint density at radius 2 is 2.17 bits per heavy atom. The molecular formula is C21H18ClN5O2. The van der Waals surface area contributed by atoms with Gasteiger partial charge in [0.2, 0.25) is 0 Å². The number of pyridine rings is 1. The van der Waals surface area contributed by atoms with Crippen LogP contribution in [0.3, 0.4) is 0 Å².